The van der Waals surface area contributed by atoms with E-state index in [9.17, 15) is 9.18 Å². The first-order valence-corrected chi connectivity index (χ1v) is 9.11. The van der Waals surface area contributed by atoms with E-state index in [1.54, 1.807) is 12.1 Å². The number of nitrogens with zero attached hydrogens (tertiary/aromatic N) is 2. The van der Waals surface area contributed by atoms with Gasteiger partial charge >= 0.3 is 0 Å². The van der Waals surface area contributed by atoms with Gasteiger partial charge in [-0.3, -0.25) is 9.63 Å². The number of piperidine rings is 1. The molecule has 1 atom stereocenters. The lowest BCUT2D eigenvalue weighted by Gasteiger charge is -2.33. The Morgan fingerprint density at radius 2 is 2.21 bits per heavy atom. The van der Waals surface area contributed by atoms with Gasteiger partial charge in [-0.05, 0) is 55.7 Å². The van der Waals surface area contributed by atoms with Crippen molar-refractivity contribution >= 4 is 5.91 Å². The third-order valence-corrected chi connectivity index (χ3v) is 5.00. The summed E-state index contributed by atoms with van der Waals surface area (Å²) >= 11 is 0. The van der Waals surface area contributed by atoms with Gasteiger partial charge in [-0.15, -0.1) is 0 Å². The van der Waals surface area contributed by atoms with E-state index < -0.39 is 0 Å². The number of halogens is 1. The van der Waals surface area contributed by atoms with Gasteiger partial charge in [0.25, 0.3) is 0 Å². The van der Waals surface area contributed by atoms with Crippen molar-refractivity contribution in [3.05, 3.63) is 35.6 Å². The molecule has 0 bridgehead atoms. The maximum absolute atomic E-state index is 13.2. The zero-order chi connectivity index (χ0) is 16.8. The summed E-state index contributed by atoms with van der Waals surface area (Å²) in [7, 11) is 0. The number of carbonyl (C=O) groups is 1. The molecular formula is C19H27FN2O2. The highest BCUT2D eigenvalue weighted by atomic mass is 19.1. The number of aryl methyl sites for hydroxylation is 1. The van der Waals surface area contributed by atoms with Gasteiger partial charge in [0.1, 0.15) is 5.82 Å². The predicted molar refractivity (Wildman–Crippen MR) is 90.8 cm³/mol. The molecule has 2 fully saturated rings. The fourth-order valence-electron chi connectivity index (χ4n) is 3.64. The van der Waals surface area contributed by atoms with E-state index in [0.717, 1.165) is 63.9 Å². The monoisotopic (exact) mass is 334 g/mol. The van der Waals surface area contributed by atoms with Crippen LogP contribution in [0.25, 0.3) is 0 Å². The number of hydrogen-bond donors (Lipinski definition) is 0. The quantitative estimate of drug-likeness (QED) is 0.802. The second-order valence-corrected chi connectivity index (χ2v) is 6.88. The Hall–Kier alpha value is -1.46. The van der Waals surface area contributed by atoms with Crippen molar-refractivity contribution in [3.63, 3.8) is 0 Å². The molecule has 0 saturated carbocycles. The van der Waals surface area contributed by atoms with Gasteiger partial charge in [0.2, 0.25) is 5.91 Å². The lowest BCUT2D eigenvalue weighted by Crippen LogP contribution is -2.41. The molecule has 0 aliphatic carbocycles. The highest BCUT2D eigenvalue weighted by Gasteiger charge is 2.24. The molecule has 2 aliphatic rings. The highest BCUT2D eigenvalue weighted by Crippen LogP contribution is 2.22. The van der Waals surface area contributed by atoms with Crippen LogP contribution in [-0.2, 0) is 16.1 Å². The van der Waals surface area contributed by atoms with Crippen LogP contribution in [0, 0.1) is 11.7 Å². The molecular weight excluding hydrogens is 307 g/mol. The van der Waals surface area contributed by atoms with Gasteiger partial charge in [0, 0.05) is 32.6 Å². The number of rotatable bonds is 6. The minimum Gasteiger partial charge on any atom is -0.342 e. The lowest BCUT2D eigenvalue weighted by molar-refractivity contribution is -0.140. The molecule has 1 aromatic rings. The summed E-state index contributed by atoms with van der Waals surface area (Å²) < 4.78 is 13.2. The first-order valence-electron chi connectivity index (χ1n) is 9.11. The number of hydrogen-bond acceptors (Lipinski definition) is 3. The normalized spacial score (nSPS) is 22.0. The zero-order valence-electron chi connectivity index (χ0n) is 14.3. The Balaban J connectivity index is 1.42. The van der Waals surface area contributed by atoms with Crippen LogP contribution in [-0.4, -0.2) is 48.7 Å². The molecule has 2 saturated heterocycles. The molecule has 4 nitrogen and oxygen atoms in total. The molecule has 1 amide bonds. The average molecular weight is 334 g/mol. The van der Waals surface area contributed by atoms with Gasteiger partial charge < -0.3 is 4.90 Å². The van der Waals surface area contributed by atoms with Crippen LogP contribution >= 0.6 is 0 Å². The number of likely N-dealkylation sites (tertiary alicyclic amines) is 1. The van der Waals surface area contributed by atoms with Gasteiger partial charge in [-0.2, -0.15) is 5.06 Å². The van der Waals surface area contributed by atoms with Crippen LogP contribution in [0.15, 0.2) is 24.3 Å². The summed E-state index contributed by atoms with van der Waals surface area (Å²) in [4.78, 5) is 19.9. The molecule has 0 unspecified atom stereocenters. The molecule has 132 valence electrons. The van der Waals surface area contributed by atoms with E-state index >= 15 is 0 Å². The maximum Gasteiger partial charge on any atom is 0.223 e. The van der Waals surface area contributed by atoms with Crippen LogP contribution in [0.5, 0.6) is 0 Å². The standard InChI is InChI=1S/C19H27FN2O2/c20-18-6-1-4-16(14-18)7-8-17-5-2-10-21(15-17)19(23)9-12-22-11-3-13-24-22/h1,4,6,14,17H,2-3,5,7-13,15H2/t17-/m0/s1. The third-order valence-electron chi connectivity index (χ3n) is 5.00. The average Bonchev–Trinajstić information content (AvgIpc) is 3.12. The number of hydroxylamine groups is 2. The van der Waals surface area contributed by atoms with Gasteiger partial charge in [-0.25, -0.2) is 4.39 Å². The number of amides is 1. The Labute approximate surface area is 143 Å². The number of benzene rings is 1. The van der Waals surface area contributed by atoms with E-state index in [2.05, 4.69) is 0 Å². The largest absolute Gasteiger partial charge is 0.342 e. The molecule has 0 radical (unpaired) electrons. The Bertz CT molecular complexity index is 546. The zero-order valence-corrected chi connectivity index (χ0v) is 14.3. The van der Waals surface area contributed by atoms with Crippen molar-refractivity contribution in [3.8, 4) is 0 Å². The summed E-state index contributed by atoms with van der Waals surface area (Å²) in [5.41, 5.74) is 1.05. The summed E-state index contributed by atoms with van der Waals surface area (Å²) in [6.45, 7) is 4.12. The van der Waals surface area contributed by atoms with Crippen molar-refractivity contribution in [2.75, 3.05) is 32.8 Å². The van der Waals surface area contributed by atoms with Crippen LogP contribution in [0.4, 0.5) is 4.39 Å². The Morgan fingerprint density at radius 3 is 3.00 bits per heavy atom. The van der Waals surface area contributed by atoms with Gasteiger partial charge in [-0.1, -0.05) is 12.1 Å². The van der Waals surface area contributed by atoms with Crippen LogP contribution in [0.1, 0.15) is 37.7 Å². The summed E-state index contributed by atoms with van der Waals surface area (Å²) in [5.74, 6) is 0.590. The van der Waals surface area contributed by atoms with Crippen molar-refractivity contribution in [2.24, 2.45) is 5.92 Å². The molecule has 0 N–H and O–H groups in total. The van der Waals surface area contributed by atoms with Crippen molar-refractivity contribution in [2.45, 2.75) is 38.5 Å². The SMILES string of the molecule is O=C(CCN1CCCO1)N1CCC[C@@H](CCc2cccc(F)c2)C1. The predicted octanol–water partition coefficient (Wildman–Crippen LogP) is 3.02. The van der Waals surface area contributed by atoms with Gasteiger partial charge in [0.15, 0.2) is 0 Å². The van der Waals surface area contributed by atoms with E-state index in [1.807, 2.05) is 16.0 Å². The van der Waals surface area contributed by atoms with Crippen LogP contribution in [0.2, 0.25) is 0 Å². The molecule has 3 rings (SSSR count). The first-order chi connectivity index (χ1) is 11.7. The lowest BCUT2D eigenvalue weighted by atomic mass is 9.91. The maximum atomic E-state index is 13.2. The van der Waals surface area contributed by atoms with E-state index in [1.165, 1.54) is 6.07 Å². The van der Waals surface area contributed by atoms with E-state index in [0.29, 0.717) is 18.9 Å². The van der Waals surface area contributed by atoms with Crippen molar-refractivity contribution in [1.82, 2.24) is 9.96 Å². The smallest absolute Gasteiger partial charge is 0.223 e. The molecule has 0 aromatic heterocycles. The first kappa shape index (κ1) is 17.4. The fourth-order valence-corrected chi connectivity index (χ4v) is 3.64. The highest BCUT2D eigenvalue weighted by molar-refractivity contribution is 5.76. The Morgan fingerprint density at radius 1 is 1.29 bits per heavy atom. The fraction of sp³-hybridized carbons (Fsp3) is 0.632. The van der Waals surface area contributed by atoms with Gasteiger partial charge in [0.05, 0.1) is 6.61 Å². The second kappa shape index (κ2) is 8.58. The Kier molecular flexibility index (Phi) is 6.21. The minimum absolute atomic E-state index is 0.169. The molecule has 2 heterocycles. The molecule has 2 aliphatic heterocycles. The minimum atomic E-state index is -0.169. The molecule has 24 heavy (non-hydrogen) atoms. The van der Waals surface area contributed by atoms with E-state index in [4.69, 9.17) is 4.84 Å². The summed E-state index contributed by atoms with van der Waals surface area (Å²) in [5, 5.41) is 1.91. The van der Waals surface area contributed by atoms with Crippen LogP contribution < -0.4 is 0 Å². The summed E-state index contributed by atoms with van der Waals surface area (Å²) in [6, 6.07) is 6.84. The molecule has 0 spiro atoms. The topological polar surface area (TPSA) is 32.8 Å². The molecule has 5 heteroatoms. The summed E-state index contributed by atoms with van der Waals surface area (Å²) in [6.07, 6.45) is 5.72. The van der Waals surface area contributed by atoms with Crippen molar-refractivity contribution < 1.29 is 14.0 Å². The van der Waals surface area contributed by atoms with Crippen molar-refractivity contribution in [1.29, 1.82) is 0 Å². The second-order valence-electron chi connectivity index (χ2n) is 6.88. The van der Waals surface area contributed by atoms with Crippen LogP contribution in [0.3, 0.4) is 0 Å². The van der Waals surface area contributed by atoms with E-state index in [-0.39, 0.29) is 11.7 Å². The number of carbonyl (C=O) groups excluding carboxylic acids is 1. The third kappa shape index (κ3) is 5.02. The molecule has 1 aromatic carbocycles.